The number of piperidine rings is 2. The predicted octanol–water partition coefficient (Wildman–Crippen LogP) is 6.72. The average molecular weight is 506 g/mol. The van der Waals surface area contributed by atoms with Gasteiger partial charge in [0.15, 0.2) is 11.5 Å². The maximum Gasteiger partial charge on any atom is 0.162 e. The van der Waals surface area contributed by atoms with Crippen molar-refractivity contribution >= 4 is 0 Å². The van der Waals surface area contributed by atoms with Crippen molar-refractivity contribution in [2.45, 2.75) is 50.7 Å². The maximum atomic E-state index is 12.3. The Balaban J connectivity index is 1.28. The topological polar surface area (TPSA) is 41.9 Å². The van der Waals surface area contributed by atoms with Crippen molar-refractivity contribution in [3.05, 3.63) is 131 Å². The maximum absolute atomic E-state index is 12.3. The number of hydrogen-bond donors (Lipinski definition) is 1. The van der Waals surface area contributed by atoms with Crippen LogP contribution in [0.15, 0.2) is 109 Å². The van der Waals surface area contributed by atoms with E-state index < -0.39 is 5.60 Å². The predicted molar refractivity (Wildman–Crippen MR) is 150 cm³/mol. The van der Waals surface area contributed by atoms with E-state index in [1.807, 2.05) is 54.6 Å². The third kappa shape index (κ3) is 5.33. The van der Waals surface area contributed by atoms with Gasteiger partial charge in [-0.2, -0.15) is 0 Å². The summed E-state index contributed by atoms with van der Waals surface area (Å²) in [6.45, 7) is 2.80. The molecule has 2 bridgehead atoms. The highest BCUT2D eigenvalue weighted by Gasteiger charge is 2.51. The smallest absolute Gasteiger partial charge is 0.162 e. The molecule has 1 aliphatic carbocycles. The normalized spacial score (nSPS) is 22.8. The highest BCUT2D eigenvalue weighted by molar-refractivity contribution is 5.46. The van der Waals surface area contributed by atoms with Gasteiger partial charge >= 0.3 is 0 Å². The van der Waals surface area contributed by atoms with Crippen LogP contribution in [0.25, 0.3) is 0 Å². The lowest BCUT2D eigenvalue weighted by atomic mass is 9.66. The summed E-state index contributed by atoms with van der Waals surface area (Å²) in [5, 5.41) is 12.3. The van der Waals surface area contributed by atoms with Gasteiger partial charge in [0.1, 0.15) is 18.8 Å². The Labute approximate surface area is 225 Å². The van der Waals surface area contributed by atoms with Crippen molar-refractivity contribution in [1.82, 2.24) is 4.90 Å². The first-order valence-corrected chi connectivity index (χ1v) is 13.7. The number of nitrogens with zero attached hydrogens (tertiary/aromatic N) is 1. The van der Waals surface area contributed by atoms with E-state index in [0.717, 1.165) is 42.6 Å². The molecule has 0 radical (unpaired) electrons. The minimum atomic E-state index is -0.918. The molecule has 1 saturated carbocycles. The molecule has 0 aromatic heterocycles. The first-order chi connectivity index (χ1) is 18.7. The van der Waals surface area contributed by atoms with Crippen LogP contribution >= 0.6 is 0 Å². The van der Waals surface area contributed by atoms with E-state index in [0.29, 0.717) is 30.6 Å². The summed E-state index contributed by atoms with van der Waals surface area (Å²) in [7, 11) is 0. The van der Waals surface area contributed by atoms with E-state index in [2.05, 4.69) is 59.5 Å². The fourth-order valence-electron chi connectivity index (χ4n) is 6.19. The number of benzene rings is 4. The van der Waals surface area contributed by atoms with Crippen molar-refractivity contribution in [2.24, 2.45) is 5.92 Å². The highest BCUT2D eigenvalue weighted by Crippen LogP contribution is 2.49. The molecule has 194 valence electrons. The minimum absolute atomic E-state index is 0.0748. The summed E-state index contributed by atoms with van der Waals surface area (Å²) in [4.78, 5) is 2.48. The SMILES string of the molecule is OC1(c2ccc(OCc3ccccc3)c(OCc3ccccc3)c2)CC2CCC1N(Cc1ccccc1)C2. The standard InChI is InChI=1S/C34H35NO3/c36-34(21-29-16-19-33(34)35(23-29)22-26-10-4-1-5-11-26)30-17-18-31(37-24-27-12-6-2-7-13-27)32(20-30)38-25-28-14-8-3-9-15-28/h1-15,17-18,20,29,33,36H,16,19,21-25H2. The van der Waals surface area contributed by atoms with Crippen LogP contribution in [0.3, 0.4) is 0 Å². The number of hydrogen-bond acceptors (Lipinski definition) is 4. The molecule has 4 aromatic rings. The van der Waals surface area contributed by atoms with Crippen LogP contribution in [-0.2, 0) is 25.4 Å². The van der Waals surface area contributed by atoms with E-state index in [1.54, 1.807) is 0 Å². The molecule has 4 aromatic carbocycles. The lowest BCUT2D eigenvalue weighted by molar-refractivity contribution is -0.140. The van der Waals surface area contributed by atoms with Crippen LogP contribution < -0.4 is 9.47 Å². The molecule has 2 saturated heterocycles. The molecule has 2 heterocycles. The summed E-state index contributed by atoms with van der Waals surface area (Å²) < 4.78 is 12.6. The highest BCUT2D eigenvalue weighted by atomic mass is 16.5. The second kappa shape index (κ2) is 11.0. The van der Waals surface area contributed by atoms with Crippen molar-refractivity contribution < 1.29 is 14.6 Å². The van der Waals surface area contributed by atoms with Crippen LogP contribution in [0.2, 0.25) is 0 Å². The van der Waals surface area contributed by atoms with Crippen LogP contribution in [0.5, 0.6) is 11.5 Å². The monoisotopic (exact) mass is 505 g/mol. The Morgan fingerprint density at radius 1 is 0.684 bits per heavy atom. The average Bonchev–Trinajstić information content (AvgIpc) is 2.97. The molecule has 1 N–H and O–H groups in total. The van der Waals surface area contributed by atoms with Gasteiger partial charge in [-0.05, 0) is 59.6 Å². The molecule has 3 unspecified atom stereocenters. The van der Waals surface area contributed by atoms with E-state index >= 15 is 0 Å². The van der Waals surface area contributed by atoms with E-state index in [4.69, 9.17) is 9.47 Å². The van der Waals surface area contributed by atoms with Crippen molar-refractivity contribution in [3.8, 4) is 11.5 Å². The van der Waals surface area contributed by atoms with Gasteiger partial charge in [0.2, 0.25) is 0 Å². The van der Waals surface area contributed by atoms with Gasteiger partial charge in [-0.1, -0.05) is 97.1 Å². The number of ether oxygens (including phenoxy) is 2. The van der Waals surface area contributed by atoms with Gasteiger partial charge in [-0.3, -0.25) is 4.90 Å². The molecule has 38 heavy (non-hydrogen) atoms. The van der Waals surface area contributed by atoms with Crippen molar-refractivity contribution in [2.75, 3.05) is 6.54 Å². The molecule has 0 amide bonds. The molecular formula is C34H35NO3. The number of aliphatic hydroxyl groups is 1. The molecule has 3 atom stereocenters. The second-order valence-corrected chi connectivity index (χ2v) is 10.7. The summed E-state index contributed by atoms with van der Waals surface area (Å²) in [6.07, 6.45) is 2.96. The minimum Gasteiger partial charge on any atom is -0.485 e. The first kappa shape index (κ1) is 24.7. The molecule has 4 nitrogen and oxygen atoms in total. The Hall–Kier alpha value is -3.60. The lowest BCUT2D eigenvalue weighted by Crippen LogP contribution is -2.60. The van der Waals surface area contributed by atoms with Crippen molar-refractivity contribution in [3.63, 3.8) is 0 Å². The van der Waals surface area contributed by atoms with Gasteiger partial charge < -0.3 is 14.6 Å². The summed E-state index contributed by atoms with van der Waals surface area (Å²) in [5.74, 6) is 1.85. The number of fused-ring (bicyclic) bond motifs is 3. The van der Waals surface area contributed by atoms with Gasteiger partial charge in [0.25, 0.3) is 0 Å². The lowest BCUT2D eigenvalue weighted by Gasteiger charge is -2.55. The molecule has 3 aliphatic rings. The zero-order chi connectivity index (χ0) is 25.8. The fourth-order valence-corrected chi connectivity index (χ4v) is 6.19. The van der Waals surface area contributed by atoms with Crippen LogP contribution in [0, 0.1) is 5.92 Å². The molecule has 3 fully saturated rings. The molecule has 7 rings (SSSR count). The van der Waals surface area contributed by atoms with Gasteiger partial charge in [0.05, 0.1) is 0 Å². The third-order valence-corrected chi connectivity index (χ3v) is 8.08. The van der Waals surface area contributed by atoms with Crippen LogP contribution in [0.1, 0.15) is 41.5 Å². The van der Waals surface area contributed by atoms with Gasteiger partial charge in [0, 0.05) is 19.1 Å². The molecule has 0 spiro atoms. The van der Waals surface area contributed by atoms with Crippen molar-refractivity contribution in [1.29, 1.82) is 0 Å². The molecular weight excluding hydrogens is 470 g/mol. The first-order valence-electron chi connectivity index (χ1n) is 13.7. The van der Waals surface area contributed by atoms with Gasteiger partial charge in [-0.25, -0.2) is 0 Å². The Morgan fingerprint density at radius 3 is 1.87 bits per heavy atom. The Morgan fingerprint density at radius 2 is 1.26 bits per heavy atom. The van der Waals surface area contributed by atoms with E-state index in [9.17, 15) is 5.11 Å². The summed E-state index contributed by atoms with van der Waals surface area (Å²) >= 11 is 0. The Bertz CT molecular complexity index is 1330. The second-order valence-electron chi connectivity index (χ2n) is 10.7. The van der Waals surface area contributed by atoms with E-state index in [1.165, 1.54) is 12.0 Å². The zero-order valence-electron chi connectivity index (χ0n) is 21.7. The number of rotatable bonds is 9. The summed E-state index contributed by atoms with van der Waals surface area (Å²) in [6, 6.07) is 37.0. The molecule has 4 heteroatoms. The third-order valence-electron chi connectivity index (χ3n) is 8.08. The Kier molecular flexibility index (Phi) is 7.17. The van der Waals surface area contributed by atoms with Crippen LogP contribution in [-0.4, -0.2) is 22.6 Å². The quantitative estimate of drug-likeness (QED) is 0.274. The largest absolute Gasteiger partial charge is 0.485 e. The van der Waals surface area contributed by atoms with E-state index in [-0.39, 0.29) is 6.04 Å². The van der Waals surface area contributed by atoms with Gasteiger partial charge in [-0.15, -0.1) is 0 Å². The molecule has 2 aliphatic heterocycles. The summed E-state index contributed by atoms with van der Waals surface area (Å²) in [5.41, 5.74) is 3.49. The zero-order valence-corrected chi connectivity index (χ0v) is 21.7. The van der Waals surface area contributed by atoms with Crippen LogP contribution in [0.4, 0.5) is 0 Å². The fraction of sp³-hybridized carbons (Fsp3) is 0.294.